The fourth-order valence-electron chi connectivity index (χ4n) is 1.44. The average molecular weight is 301 g/mol. The summed E-state index contributed by atoms with van der Waals surface area (Å²) in [6.07, 6.45) is 3.68. The van der Waals surface area contributed by atoms with Crippen LogP contribution in [0.3, 0.4) is 0 Å². The molecule has 1 heterocycles. The number of carbonyl (C=O) groups is 1. The van der Waals surface area contributed by atoms with Crippen molar-refractivity contribution < 1.29 is 9.53 Å². The van der Waals surface area contributed by atoms with E-state index in [0.717, 1.165) is 12.8 Å². The molecule has 0 aromatic carbocycles. The van der Waals surface area contributed by atoms with Crippen LogP contribution in [-0.2, 0) is 4.79 Å². The van der Waals surface area contributed by atoms with E-state index in [-0.39, 0.29) is 18.6 Å². The van der Waals surface area contributed by atoms with Crippen LogP contribution in [0.5, 0.6) is 5.75 Å². The molecule has 1 amide bonds. The van der Waals surface area contributed by atoms with Gasteiger partial charge in [0.2, 0.25) is 0 Å². The Morgan fingerprint density at radius 3 is 3.06 bits per heavy atom. The smallest absolute Gasteiger partial charge is 0.258 e. The van der Waals surface area contributed by atoms with Gasteiger partial charge in [0, 0.05) is 12.2 Å². The molecule has 0 bridgehead atoms. The number of carbonyl (C=O) groups excluding carboxylic acids is 1. The van der Waals surface area contributed by atoms with Crippen molar-refractivity contribution in [3.05, 3.63) is 22.9 Å². The maximum Gasteiger partial charge on any atom is 0.258 e. The van der Waals surface area contributed by atoms with Crippen LogP contribution in [-0.4, -0.2) is 23.5 Å². The summed E-state index contributed by atoms with van der Waals surface area (Å²) < 4.78 is 5.96. The van der Waals surface area contributed by atoms with Crippen molar-refractivity contribution in [3.8, 4) is 5.75 Å². The van der Waals surface area contributed by atoms with Gasteiger partial charge in [-0.3, -0.25) is 4.79 Å². The van der Waals surface area contributed by atoms with Crippen molar-refractivity contribution in [2.75, 3.05) is 6.61 Å². The minimum Gasteiger partial charge on any atom is -0.481 e. The van der Waals surface area contributed by atoms with Crippen molar-refractivity contribution in [2.24, 2.45) is 0 Å². The number of ether oxygens (including phenoxy) is 1. The van der Waals surface area contributed by atoms with E-state index in [1.807, 2.05) is 6.92 Å². The predicted octanol–water partition coefficient (Wildman–Crippen LogP) is 2.53. The predicted molar refractivity (Wildman–Crippen MR) is 69.9 cm³/mol. The summed E-state index contributed by atoms with van der Waals surface area (Å²) in [6, 6.07) is 3.71. The average Bonchev–Trinajstić information content (AvgIpc) is 2.28. The third-order valence-corrected chi connectivity index (χ3v) is 2.81. The number of rotatable bonds is 6. The first-order chi connectivity index (χ1) is 8.13. The molecule has 0 aliphatic carbocycles. The third kappa shape index (κ3) is 5.17. The van der Waals surface area contributed by atoms with Gasteiger partial charge < -0.3 is 10.1 Å². The molecule has 1 rings (SSSR count). The number of amides is 1. The quantitative estimate of drug-likeness (QED) is 0.821. The summed E-state index contributed by atoms with van der Waals surface area (Å²) in [5, 5.41) is 2.87. The summed E-state index contributed by atoms with van der Waals surface area (Å²) in [6.45, 7) is 4.09. The van der Waals surface area contributed by atoms with Gasteiger partial charge >= 0.3 is 0 Å². The highest BCUT2D eigenvalue weighted by atomic mass is 79.9. The third-order valence-electron chi connectivity index (χ3n) is 2.21. The maximum absolute atomic E-state index is 11.5. The number of aromatic nitrogens is 1. The number of halogens is 1. The Kier molecular flexibility index (Phi) is 5.97. The molecule has 0 aliphatic rings. The van der Waals surface area contributed by atoms with E-state index in [4.69, 9.17) is 4.74 Å². The van der Waals surface area contributed by atoms with Gasteiger partial charge in [0.05, 0.1) is 0 Å². The first-order valence-corrected chi connectivity index (χ1v) is 6.45. The van der Waals surface area contributed by atoms with Crippen molar-refractivity contribution >= 4 is 21.8 Å². The summed E-state index contributed by atoms with van der Waals surface area (Å²) in [7, 11) is 0. The van der Waals surface area contributed by atoms with Crippen LogP contribution in [0.1, 0.15) is 26.7 Å². The van der Waals surface area contributed by atoms with Crippen LogP contribution in [0.4, 0.5) is 0 Å². The molecule has 0 aliphatic heterocycles. The van der Waals surface area contributed by atoms with Crippen LogP contribution in [0, 0.1) is 0 Å². The van der Waals surface area contributed by atoms with E-state index in [2.05, 4.69) is 33.2 Å². The molecule has 1 aromatic heterocycles. The summed E-state index contributed by atoms with van der Waals surface area (Å²) >= 11 is 3.25. The molecular weight excluding hydrogens is 284 g/mol. The van der Waals surface area contributed by atoms with Gasteiger partial charge in [-0.2, -0.15) is 0 Å². The fraction of sp³-hybridized carbons (Fsp3) is 0.500. The van der Waals surface area contributed by atoms with Gasteiger partial charge in [-0.05, 0) is 41.4 Å². The van der Waals surface area contributed by atoms with Crippen molar-refractivity contribution in [2.45, 2.75) is 32.7 Å². The number of pyridine rings is 1. The minimum atomic E-state index is -0.110. The van der Waals surface area contributed by atoms with Gasteiger partial charge in [-0.1, -0.05) is 13.3 Å². The zero-order chi connectivity index (χ0) is 12.7. The van der Waals surface area contributed by atoms with E-state index in [0.29, 0.717) is 10.4 Å². The molecule has 0 saturated heterocycles. The van der Waals surface area contributed by atoms with Gasteiger partial charge in [0.15, 0.2) is 12.4 Å². The van der Waals surface area contributed by atoms with Gasteiger partial charge in [-0.25, -0.2) is 4.98 Å². The van der Waals surface area contributed by atoms with E-state index in [1.54, 1.807) is 18.3 Å². The summed E-state index contributed by atoms with van der Waals surface area (Å²) in [5.74, 6) is 0.465. The lowest BCUT2D eigenvalue weighted by Crippen LogP contribution is -2.35. The molecular formula is C12H17BrN2O2. The second-order valence-electron chi connectivity index (χ2n) is 3.84. The van der Waals surface area contributed by atoms with Crippen LogP contribution >= 0.6 is 15.9 Å². The monoisotopic (exact) mass is 300 g/mol. The van der Waals surface area contributed by atoms with E-state index in [1.165, 1.54) is 0 Å². The number of hydrogen-bond acceptors (Lipinski definition) is 3. The first kappa shape index (κ1) is 14.0. The molecule has 0 spiro atoms. The molecule has 5 heteroatoms. The molecule has 1 aromatic rings. The second-order valence-corrected chi connectivity index (χ2v) is 4.59. The largest absolute Gasteiger partial charge is 0.481 e. The van der Waals surface area contributed by atoms with Crippen LogP contribution in [0.15, 0.2) is 22.9 Å². The molecule has 0 radical (unpaired) electrons. The van der Waals surface area contributed by atoms with Crippen LogP contribution < -0.4 is 10.1 Å². The molecule has 94 valence electrons. The molecule has 1 N–H and O–H groups in total. The zero-order valence-electron chi connectivity index (χ0n) is 10.1. The molecule has 17 heavy (non-hydrogen) atoms. The number of hydrogen-bond donors (Lipinski definition) is 1. The Hall–Kier alpha value is -1.10. The number of nitrogens with zero attached hydrogens (tertiary/aromatic N) is 1. The van der Waals surface area contributed by atoms with Gasteiger partial charge in [0.1, 0.15) is 4.60 Å². The van der Waals surface area contributed by atoms with Crippen LogP contribution in [0.2, 0.25) is 0 Å². The highest BCUT2D eigenvalue weighted by Gasteiger charge is 2.08. The highest BCUT2D eigenvalue weighted by Crippen LogP contribution is 2.20. The molecule has 0 saturated carbocycles. The van der Waals surface area contributed by atoms with Gasteiger partial charge in [0.25, 0.3) is 5.91 Å². The van der Waals surface area contributed by atoms with E-state index < -0.39 is 0 Å². The zero-order valence-corrected chi connectivity index (χ0v) is 11.7. The van der Waals surface area contributed by atoms with Gasteiger partial charge in [-0.15, -0.1) is 0 Å². The minimum absolute atomic E-state index is 0.0122. The highest BCUT2D eigenvalue weighted by molar-refractivity contribution is 9.10. The summed E-state index contributed by atoms with van der Waals surface area (Å²) in [4.78, 5) is 15.5. The standard InChI is InChI=1S/C12H17BrN2O2/c1-3-5-9(2)15-11(16)8-17-10-6-4-7-14-12(10)13/h4,6-7,9H,3,5,8H2,1-2H3,(H,15,16). The molecule has 1 unspecified atom stereocenters. The van der Waals surface area contributed by atoms with Crippen LogP contribution in [0.25, 0.3) is 0 Å². The Labute approximate surface area is 110 Å². The maximum atomic E-state index is 11.5. The fourth-order valence-corrected chi connectivity index (χ4v) is 1.81. The Balaban J connectivity index is 2.36. The number of nitrogens with one attached hydrogen (secondary N) is 1. The molecule has 1 atom stereocenters. The lowest BCUT2D eigenvalue weighted by molar-refractivity contribution is -0.123. The molecule has 0 fully saturated rings. The van der Waals surface area contributed by atoms with Crippen molar-refractivity contribution in [3.63, 3.8) is 0 Å². The Morgan fingerprint density at radius 2 is 2.41 bits per heavy atom. The summed E-state index contributed by atoms with van der Waals surface area (Å²) in [5.41, 5.74) is 0. The lowest BCUT2D eigenvalue weighted by atomic mass is 10.2. The molecule has 4 nitrogen and oxygen atoms in total. The lowest BCUT2D eigenvalue weighted by Gasteiger charge is -2.13. The second kappa shape index (κ2) is 7.27. The Bertz CT molecular complexity index is 371. The van der Waals surface area contributed by atoms with Crippen molar-refractivity contribution in [1.82, 2.24) is 10.3 Å². The van der Waals surface area contributed by atoms with Crippen molar-refractivity contribution in [1.29, 1.82) is 0 Å². The van der Waals surface area contributed by atoms with E-state index >= 15 is 0 Å². The first-order valence-electron chi connectivity index (χ1n) is 5.66. The topological polar surface area (TPSA) is 51.2 Å². The SMILES string of the molecule is CCCC(C)NC(=O)COc1cccnc1Br. The normalized spacial score (nSPS) is 11.9. The van der Waals surface area contributed by atoms with E-state index in [9.17, 15) is 4.79 Å². The Morgan fingerprint density at radius 1 is 1.65 bits per heavy atom.